The minimum absolute atomic E-state index is 0.0180. The lowest BCUT2D eigenvalue weighted by atomic mass is 9.98. The van der Waals surface area contributed by atoms with E-state index >= 15 is 0 Å². The molecule has 0 aliphatic heterocycles. The van der Waals surface area contributed by atoms with E-state index in [4.69, 9.17) is 9.84 Å². The summed E-state index contributed by atoms with van der Waals surface area (Å²) in [5.41, 5.74) is 4.71. The van der Waals surface area contributed by atoms with Gasteiger partial charge in [0.15, 0.2) is 0 Å². The van der Waals surface area contributed by atoms with Crippen LogP contribution < -0.4 is 10.6 Å². The van der Waals surface area contributed by atoms with Gasteiger partial charge in [0.05, 0.1) is 0 Å². The van der Waals surface area contributed by atoms with Crippen molar-refractivity contribution in [3.63, 3.8) is 0 Å². The second-order valence-corrected chi connectivity index (χ2v) is 8.68. The molecule has 0 saturated heterocycles. The number of nitrogens with one attached hydrogen (secondary N) is 2. The fourth-order valence-corrected chi connectivity index (χ4v) is 4.82. The highest BCUT2D eigenvalue weighted by Crippen LogP contribution is 2.44. The molecule has 7 nitrogen and oxygen atoms in total. The van der Waals surface area contributed by atoms with Crippen LogP contribution in [0.3, 0.4) is 0 Å². The lowest BCUT2D eigenvalue weighted by Gasteiger charge is -2.17. The number of carbonyl (C=O) groups is 3. The van der Waals surface area contributed by atoms with Gasteiger partial charge in [0.2, 0.25) is 5.91 Å². The molecule has 2 unspecified atom stereocenters. The van der Waals surface area contributed by atoms with Gasteiger partial charge >= 0.3 is 12.1 Å². The molecule has 3 N–H and O–H groups in total. The van der Waals surface area contributed by atoms with Gasteiger partial charge in [0, 0.05) is 18.4 Å². The zero-order chi connectivity index (χ0) is 22.7. The van der Waals surface area contributed by atoms with Crippen LogP contribution in [0.1, 0.15) is 49.7 Å². The Morgan fingerprint density at radius 2 is 1.66 bits per heavy atom. The standard InChI is InChI=1S/C25H28N2O5/c1-15(24(29)30)26-23(28)13-16-10-11-17(12-16)27-25(31)32-14-22-20-8-4-2-6-18(20)19-7-3-5-9-21(19)22/h2-9,15-17,22H,10-14H2,1H3,(H,26,28)(H,27,31)(H,29,30)/t15-,16?,17?/m1/s1. The number of alkyl carbamates (subject to hydrolysis) is 1. The van der Waals surface area contributed by atoms with Gasteiger partial charge in [-0.15, -0.1) is 0 Å². The molecular formula is C25H28N2O5. The van der Waals surface area contributed by atoms with Crippen LogP contribution in [-0.4, -0.2) is 41.8 Å². The Morgan fingerprint density at radius 1 is 1.03 bits per heavy atom. The first-order valence-corrected chi connectivity index (χ1v) is 11.1. The van der Waals surface area contributed by atoms with E-state index in [1.54, 1.807) is 0 Å². The summed E-state index contributed by atoms with van der Waals surface area (Å²) in [7, 11) is 0. The molecule has 2 aliphatic carbocycles. The van der Waals surface area contributed by atoms with E-state index < -0.39 is 18.1 Å². The fourth-order valence-electron chi connectivity index (χ4n) is 4.82. The van der Waals surface area contributed by atoms with Gasteiger partial charge in [-0.25, -0.2) is 4.79 Å². The van der Waals surface area contributed by atoms with Crippen molar-refractivity contribution < 1.29 is 24.2 Å². The van der Waals surface area contributed by atoms with Crippen molar-refractivity contribution in [3.8, 4) is 11.1 Å². The monoisotopic (exact) mass is 436 g/mol. The summed E-state index contributed by atoms with van der Waals surface area (Å²) in [5.74, 6) is -1.19. The maximum absolute atomic E-state index is 12.5. The minimum atomic E-state index is -1.06. The molecule has 0 radical (unpaired) electrons. The number of amides is 2. The molecule has 168 valence electrons. The zero-order valence-corrected chi connectivity index (χ0v) is 18.0. The van der Waals surface area contributed by atoms with Crippen molar-refractivity contribution in [2.24, 2.45) is 5.92 Å². The van der Waals surface area contributed by atoms with Crippen molar-refractivity contribution in [1.82, 2.24) is 10.6 Å². The number of carboxylic acids is 1. The van der Waals surface area contributed by atoms with Gasteiger partial charge in [-0.3, -0.25) is 9.59 Å². The average Bonchev–Trinajstić information content (AvgIpc) is 3.34. The molecule has 0 bridgehead atoms. The summed E-state index contributed by atoms with van der Waals surface area (Å²) in [6, 6.07) is 15.5. The normalized spacial score (nSPS) is 20.2. The van der Waals surface area contributed by atoms with Crippen LogP contribution in [0.15, 0.2) is 48.5 Å². The Labute approximate surface area is 187 Å². The molecule has 2 amide bonds. The largest absolute Gasteiger partial charge is 0.480 e. The molecule has 0 aromatic heterocycles. The van der Waals surface area contributed by atoms with Crippen LogP contribution in [0, 0.1) is 5.92 Å². The smallest absolute Gasteiger partial charge is 0.407 e. The molecule has 1 saturated carbocycles. The van der Waals surface area contributed by atoms with E-state index in [0.29, 0.717) is 6.42 Å². The van der Waals surface area contributed by atoms with Crippen molar-refractivity contribution in [1.29, 1.82) is 0 Å². The number of benzene rings is 2. The Hall–Kier alpha value is -3.35. The molecule has 32 heavy (non-hydrogen) atoms. The fraction of sp³-hybridized carbons (Fsp3) is 0.400. The molecule has 2 aliphatic rings. The predicted octanol–water partition coefficient (Wildman–Crippen LogP) is 3.67. The number of hydrogen-bond donors (Lipinski definition) is 3. The number of carbonyl (C=O) groups excluding carboxylic acids is 2. The third-order valence-corrected chi connectivity index (χ3v) is 6.43. The van der Waals surface area contributed by atoms with Gasteiger partial charge in [-0.2, -0.15) is 0 Å². The maximum atomic E-state index is 12.5. The van der Waals surface area contributed by atoms with E-state index in [2.05, 4.69) is 34.9 Å². The van der Waals surface area contributed by atoms with Gasteiger partial charge in [-0.05, 0) is 54.4 Å². The molecule has 2 aromatic rings. The van der Waals surface area contributed by atoms with E-state index in [1.165, 1.54) is 29.2 Å². The van der Waals surface area contributed by atoms with Gasteiger partial charge in [-0.1, -0.05) is 48.5 Å². The highest BCUT2D eigenvalue weighted by atomic mass is 16.5. The van der Waals surface area contributed by atoms with Crippen LogP contribution in [0.5, 0.6) is 0 Å². The molecule has 1 fully saturated rings. The van der Waals surface area contributed by atoms with E-state index in [1.807, 2.05) is 24.3 Å². The first-order chi connectivity index (χ1) is 15.4. The third kappa shape index (κ3) is 4.77. The summed E-state index contributed by atoms with van der Waals surface area (Å²) in [6.45, 7) is 1.71. The predicted molar refractivity (Wildman–Crippen MR) is 119 cm³/mol. The highest BCUT2D eigenvalue weighted by molar-refractivity contribution is 5.83. The van der Waals surface area contributed by atoms with Crippen LogP contribution in [0.4, 0.5) is 4.79 Å². The number of fused-ring (bicyclic) bond motifs is 3. The SMILES string of the molecule is C[C@@H](NC(=O)CC1CCC(NC(=O)OCC2c3ccccc3-c3ccccc32)C1)C(=O)O. The van der Waals surface area contributed by atoms with E-state index in [-0.39, 0.29) is 36.8 Å². The Morgan fingerprint density at radius 3 is 2.28 bits per heavy atom. The quantitative estimate of drug-likeness (QED) is 0.614. The summed E-state index contributed by atoms with van der Waals surface area (Å²) in [5, 5.41) is 14.3. The number of rotatable bonds is 7. The number of carboxylic acid groups (broad SMARTS) is 1. The summed E-state index contributed by atoms with van der Waals surface area (Å²) in [4.78, 5) is 35.3. The molecule has 0 spiro atoms. The Balaban J connectivity index is 1.27. The van der Waals surface area contributed by atoms with Crippen LogP contribution >= 0.6 is 0 Å². The Bertz CT molecular complexity index is 975. The second-order valence-electron chi connectivity index (χ2n) is 8.68. The van der Waals surface area contributed by atoms with E-state index in [9.17, 15) is 14.4 Å². The van der Waals surface area contributed by atoms with Crippen molar-refractivity contribution in [2.75, 3.05) is 6.61 Å². The van der Waals surface area contributed by atoms with E-state index in [0.717, 1.165) is 12.8 Å². The van der Waals surface area contributed by atoms with Gasteiger partial charge < -0.3 is 20.5 Å². The van der Waals surface area contributed by atoms with Crippen LogP contribution in [0.25, 0.3) is 11.1 Å². The number of ether oxygens (including phenoxy) is 1. The van der Waals surface area contributed by atoms with Gasteiger partial charge in [0.1, 0.15) is 12.6 Å². The first kappa shape index (κ1) is 21.9. The molecule has 3 atom stereocenters. The number of hydrogen-bond acceptors (Lipinski definition) is 4. The average molecular weight is 437 g/mol. The molecule has 0 heterocycles. The van der Waals surface area contributed by atoms with Crippen molar-refractivity contribution in [2.45, 2.75) is 50.6 Å². The molecule has 2 aromatic carbocycles. The lowest BCUT2D eigenvalue weighted by molar-refractivity contribution is -0.141. The molecule has 7 heteroatoms. The summed E-state index contributed by atoms with van der Waals surface area (Å²) in [6.07, 6.45) is 2.08. The number of aliphatic carboxylic acids is 1. The van der Waals surface area contributed by atoms with Crippen molar-refractivity contribution >= 4 is 18.0 Å². The maximum Gasteiger partial charge on any atom is 0.407 e. The molecular weight excluding hydrogens is 408 g/mol. The van der Waals surface area contributed by atoms with Crippen molar-refractivity contribution in [3.05, 3.63) is 59.7 Å². The topological polar surface area (TPSA) is 105 Å². The van der Waals surface area contributed by atoms with Crippen LogP contribution in [0.2, 0.25) is 0 Å². The molecule has 4 rings (SSSR count). The van der Waals surface area contributed by atoms with Crippen LogP contribution in [-0.2, 0) is 14.3 Å². The summed E-state index contributed by atoms with van der Waals surface area (Å²) < 4.78 is 5.60. The second kappa shape index (κ2) is 9.42. The zero-order valence-electron chi connectivity index (χ0n) is 18.0. The van der Waals surface area contributed by atoms with Gasteiger partial charge in [0.25, 0.3) is 0 Å². The highest BCUT2D eigenvalue weighted by Gasteiger charge is 2.31. The third-order valence-electron chi connectivity index (χ3n) is 6.43. The Kier molecular flexibility index (Phi) is 6.44. The minimum Gasteiger partial charge on any atom is -0.480 e. The lowest BCUT2D eigenvalue weighted by Crippen LogP contribution is -2.39. The first-order valence-electron chi connectivity index (χ1n) is 11.1. The summed E-state index contributed by atoms with van der Waals surface area (Å²) >= 11 is 0.